The van der Waals surface area contributed by atoms with Crippen molar-refractivity contribution in [3.8, 4) is 0 Å². The fourth-order valence-corrected chi connectivity index (χ4v) is 1.77. The van der Waals surface area contributed by atoms with E-state index in [0.29, 0.717) is 4.47 Å². The normalized spacial score (nSPS) is 12.1. The van der Waals surface area contributed by atoms with Crippen LogP contribution in [0.5, 0.6) is 0 Å². The number of aromatic amines is 1. The molecule has 17 heavy (non-hydrogen) atoms. The molecule has 0 spiro atoms. The smallest absolute Gasteiger partial charge is 0.302 e. The first kappa shape index (κ1) is 12.4. The number of hydrogen-bond donors (Lipinski definition) is 1. The van der Waals surface area contributed by atoms with Gasteiger partial charge in [0.2, 0.25) is 5.82 Å². The number of alkyl halides is 3. The van der Waals surface area contributed by atoms with Gasteiger partial charge < -0.3 is 4.98 Å². The Morgan fingerprint density at radius 1 is 1.35 bits per heavy atom. The fraction of sp³-hybridized carbons (Fsp3) is 0.111. The van der Waals surface area contributed by atoms with Crippen LogP contribution in [-0.2, 0) is 6.18 Å². The maximum absolute atomic E-state index is 12.4. The highest BCUT2D eigenvalue weighted by atomic mass is 79.9. The van der Waals surface area contributed by atoms with E-state index < -0.39 is 17.6 Å². The topological polar surface area (TPSA) is 45.8 Å². The van der Waals surface area contributed by atoms with Crippen molar-refractivity contribution in [3.63, 3.8) is 0 Å². The van der Waals surface area contributed by atoms with Crippen LogP contribution in [0.1, 0.15) is 5.82 Å². The largest absolute Gasteiger partial charge is 0.449 e. The molecule has 0 aliphatic carbocycles. The highest BCUT2D eigenvalue weighted by molar-refractivity contribution is 9.10. The van der Waals surface area contributed by atoms with Crippen LogP contribution in [0.25, 0.3) is 10.9 Å². The summed E-state index contributed by atoms with van der Waals surface area (Å²) in [5, 5.41) is 0.220. The second-order valence-electron chi connectivity index (χ2n) is 3.20. The molecule has 0 atom stereocenters. The van der Waals surface area contributed by atoms with E-state index in [2.05, 4.69) is 20.9 Å². The first-order chi connectivity index (χ1) is 7.79. The van der Waals surface area contributed by atoms with E-state index in [4.69, 9.17) is 11.6 Å². The Bertz CT molecular complexity index is 653. The van der Waals surface area contributed by atoms with Gasteiger partial charge >= 0.3 is 6.18 Å². The van der Waals surface area contributed by atoms with Gasteiger partial charge in [0.25, 0.3) is 5.56 Å². The molecular weight excluding hydrogens is 324 g/mol. The van der Waals surface area contributed by atoms with Crippen LogP contribution in [0.15, 0.2) is 21.4 Å². The molecule has 8 heteroatoms. The van der Waals surface area contributed by atoms with Crippen molar-refractivity contribution in [2.24, 2.45) is 0 Å². The molecule has 0 amide bonds. The maximum atomic E-state index is 12.4. The van der Waals surface area contributed by atoms with E-state index in [0.717, 1.165) is 0 Å². The Hall–Kier alpha value is -1.08. The first-order valence-corrected chi connectivity index (χ1v) is 5.42. The summed E-state index contributed by atoms with van der Waals surface area (Å²) in [6.45, 7) is 0. The molecule has 0 radical (unpaired) electrons. The van der Waals surface area contributed by atoms with Crippen LogP contribution in [-0.4, -0.2) is 9.97 Å². The predicted molar refractivity (Wildman–Crippen MR) is 60.1 cm³/mol. The lowest BCUT2D eigenvalue weighted by molar-refractivity contribution is -0.144. The Kier molecular flexibility index (Phi) is 2.90. The second kappa shape index (κ2) is 3.99. The summed E-state index contributed by atoms with van der Waals surface area (Å²) < 4.78 is 37.6. The summed E-state index contributed by atoms with van der Waals surface area (Å²) in [5.74, 6) is -1.34. The summed E-state index contributed by atoms with van der Waals surface area (Å²) in [7, 11) is 0. The van der Waals surface area contributed by atoms with Gasteiger partial charge in [-0.25, -0.2) is 4.98 Å². The molecule has 90 valence electrons. The number of halogens is 5. The maximum Gasteiger partial charge on any atom is 0.449 e. The van der Waals surface area contributed by atoms with Gasteiger partial charge in [-0.3, -0.25) is 4.79 Å². The molecule has 0 saturated heterocycles. The molecule has 0 aliphatic rings. The first-order valence-electron chi connectivity index (χ1n) is 4.25. The lowest BCUT2D eigenvalue weighted by Crippen LogP contribution is -2.19. The van der Waals surface area contributed by atoms with Gasteiger partial charge in [-0.2, -0.15) is 13.2 Å². The lowest BCUT2D eigenvalue weighted by Gasteiger charge is -2.06. The van der Waals surface area contributed by atoms with Crippen molar-refractivity contribution >= 4 is 38.4 Å². The molecule has 2 aromatic rings. The van der Waals surface area contributed by atoms with Gasteiger partial charge in [-0.15, -0.1) is 0 Å². The lowest BCUT2D eigenvalue weighted by atomic mass is 10.2. The number of hydrogen-bond acceptors (Lipinski definition) is 2. The van der Waals surface area contributed by atoms with Gasteiger partial charge in [0, 0.05) is 4.47 Å². The quantitative estimate of drug-likeness (QED) is 0.806. The minimum absolute atomic E-state index is 0.0364. The highest BCUT2D eigenvalue weighted by Gasteiger charge is 2.34. The predicted octanol–water partition coefficient (Wildman–Crippen LogP) is 3.36. The molecule has 1 aromatic carbocycles. The molecule has 0 bridgehead atoms. The zero-order chi connectivity index (χ0) is 12.8. The van der Waals surface area contributed by atoms with Gasteiger partial charge in [0.1, 0.15) is 0 Å². The van der Waals surface area contributed by atoms with Gasteiger partial charge in [-0.1, -0.05) is 11.6 Å². The van der Waals surface area contributed by atoms with Crippen molar-refractivity contribution in [1.29, 1.82) is 0 Å². The minimum Gasteiger partial charge on any atom is -0.302 e. The molecule has 2 rings (SSSR count). The molecule has 0 saturated carbocycles. The number of H-pyrrole nitrogens is 1. The number of fused-ring (bicyclic) bond motifs is 1. The van der Waals surface area contributed by atoms with Crippen molar-refractivity contribution in [1.82, 2.24) is 9.97 Å². The zero-order valence-electron chi connectivity index (χ0n) is 7.90. The van der Waals surface area contributed by atoms with Crippen LogP contribution in [0.4, 0.5) is 13.2 Å². The summed E-state index contributed by atoms with van der Waals surface area (Å²) in [5.41, 5.74) is -0.964. The van der Waals surface area contributed by atoms with Gasteiger partial charge in [0.15, 0.2) is 0 Å². The van der Waals surface area contributed by atoms with Crippen molar-refractivity contribution in [3.05, 3.63) is 37.8 Å². The van der Waals surface area contributed by atoms with E-state index >= 15 is 0 Å². The van der Waals surface area contributed by atoms with Crippen LogP contribution >= 0.6 is 27.5 Å². The summed E-state index contributed by atoms with van der Waals surface area (Å²) >= 11 is 8.80. The molecule has 0 fully saturated rings. The molecule has 1 aromatic heterocycles. The van der Waals surface area contributed by atoms with Crippen LogP contribution < -0.4 is 5.56 Å². The molecule has 0 aliphatic heterocycles. The van der Waals surface area contributed by atoms with Gasteiger partial charge in [-0.05, 0) is 28.1 Å². The number of nitrogens with zero attached hydrogens (tertiary/aromatic N) is 1. The van der Waals surface area contributed by atoms with Gasteiger partial charge in [0.05, 0.1) is 15.9 Å². The highest BCUT2D eigenvalue weighted by Crippen LogP contribution is 2.29. The fourth-order valence-electron chi connectivity index (χ4n) is 1.27. The van der Waals surface area contributed by atoms with E-state index in [1.165, 1.54) is 12.1 Å². The van der Waals surface area contributed by atoms with Crippen molar-refractivity contribution in [2.45, 2.75) is 6.18 Å². The Morgan fingerprint density at radius 3 is 2.59 bits per heavy atom. The van der Waals surface area contributed by atoms with E-state index in [1.807, 2.05) is 0 Å². The summed E-state index contributed by atoms with van der Waals surface area (Å²) in [6, 6.07) is 2.52. The third-order valence-electron chi connectivity index (χ3n) is 2.02. The average Bonchev–Trinajstić information content (AvgIpc) is 2.19. The van der Waals surface area contributed by atoms with Crippen LogP contribution in [0.3, 0.4) is 0 Å². The SMILES string of the molecule is O=c1[nH]c(C(F)(F)F)nc2cc(Cl)c(Br)cc12. The van der Waals surface area contributed by atoms with Crippen LogP contribution in [0, 0.1) is 0 Å². The zero-order valence-corrected chi connectivity index (χ0v) is 10.2. The summed E-state index contributed by atoms with van der Waals surface area (Å²) in [4.78, 5) is 16.5. The van der Waals surface area contributed by atoms with Crippen molar-refractivity contribution in [2.75, 3.05) is 0 Å². The Morgan fingerprint density at radius 2 is 2.00 bits per heavy atom. The van der Waals surface area contributed by atoms with E-state index in [-0.39, 0.29) is 15.9 Å². The molecule has 1 N–H and O–H groups in total. The van der Waals surface area contributed by atoms with E-state index in [9.17, 15) is 18.0 Å². The number of nitrogens with one attached hydrogen (secondary N) is 1. The number of aromatic nitrogens is 2. The van der Waals surface area contributed by atoms with E-state index in [1.54, 1.807) is 4.98 Å². The Balaban J connectivity index is 2.83. The third kappa shape index (κ3) is 2.30. The molecular formula is C9H3BrClF3N2O. The third-order valence-corrected chi connectivity index (χ3v) is 3.21. The standard InChI is InChI=1S/C9H3BrClF3N2O/c10-4-1-3-6(2-5(4)11)15-8(9(12,13)14)16-7(3)17/h1-2H,(H,15,16,17). The average molecular weight is 327 g/mol. The number of rotatable bonds is 0. The minimum atomic E-state index is -4.70. The Labute approximate surface area is 106 Å². The summed E-state index contributed by atoms with van der Waals surface area (Å²) in [6.07, 6.45) is -4.70. The molecule has 3 nitrogen and oxygen atoms in total. The number of benzene rings is 1. The molecule has 0 unspecified atom stereocenters. The second-order valence-corrected chi connectivity index (χ2v) is 4.46. The monoisotopic (exact) mass is 326 g/mol. The van der Waals surface area contributed by atoms with Crippen LogP contribution in [0.2, 0.25) is 5.02 Å². The molecule has 1 heterocycles. The van der Waals surface area contributed by atoms with Crippen molar-refractivity contribution < 1.29 is 13.2 Å².